The Balaban J connectivity index is 1.53. The maximum Gasteiger partial charge on any atom is 0.225 e. The zero-order valence-electron chi connectivity index (χ0n) is 16.0. The number of aryl methyl sites for hydroxylation is 2. The molecule has 6 heteroatoms. The summed E-state index contributed by atoms with van der Waals surface area (Å²) in [7, 11) is 0. The molecule has 6 nitrogen and oxygen atoms in total. The molecule has 1 amide bonds. The van der Waals surface area contributed by atoms with Gasteiger partial charge in [-0.2, -0.15) is 0 Å². The minimum atomic E-state index is 0.207. The zero-order valence-corrected chi connectivity index (χ0v) is 16.0. The molecule has 0 radical (unpaired) electrons. The second kappa shape index (κ2) is 7.68. The summed E-state index contributed by atoms with van der Waals surface area (Å²) in [5.74, 6) is 1.36. The van der Waals surface area contributed by atoms with Crippen molar-refractivity contribution in [2.24, 2.45) is 5.92 Å². The molecule has 0 unspecified atom stereocenters. The van der Waals surface area contributed by atoms with Crippen LogP contribution in [0.15, 0.2) is 6.07 Å². The summed E-state index contributed by atoms with van der Waals surface area (Å²) in [4.78, 5) is 28.7. The highest BCUT2D eigenvalue weighted by molar-refractivity contribution is 5.79. The summed E-state index contributed by atoms with van der Waals surface area (Å²) in [6.45, 7) is 13.8. The van der Waals surface area contributed by atoms with Crippen LogP contribution in [0.3, 0.4) is 0 Å². The molecule has 0 bridgehead atoms. The van der Waals surface area contributed by atoms with Crippen LogP contribution < -0.4 is 4.90 Å². The molecule has 25 heavy (non-hydrogen) atoms. The third-order valence-electron chi connectivity index (χ3n) is 5.45. The van der Waals surface area contributed by atoms with Gasteiger partial charge in [-0.1, -0.05) is 0 Å². The van der Waals surface area contributed by atoms with Gasteiger partial charge >= 0.3 is 0 Å². The quantitative estimate of drug-likeness (QED) is 0.837. The van der Waals surface area contributed by atoms with Crippen LogP contribution in [0.1, 0.15) is 38.1 Å². The van der Waals surface area contributed by atoms with Crippen molar-refractivity contribution in [2.75, 3.05) is 44.2 Å². The number of nitrogens with zero attached hydrogens (tertiary/aromatic N) is 5. The van der Waals surface area contributed by atoms with Crippen molar-refractivity contribution in [1.29, 1.82) is 0 Å². The van der Waals surface area contributed by atoms with Gasteiger partial charge in [-0.3, -0.25) is 4.79 Å². The second-order valence-electron chi connectivity index (χ2n) is 7.67. The number of carbonyl (C=O) groups is 1. The van der Waals surface area contributed by atoms with Gasteiger partial charge in [-0.25, -0.2) is 9.97 Å². The SMILES string of the molecule is Cc1cc(C)nc(N2CCN(C(=O)C3CCN(C(C)C)CC3)CC2)n1. The van der Waals surface area contributed by atoms with Crippen molar-refractivity contribution in [3.05, 3.63) is 17.5 Å². The normalized spacial score (nSPS) is 20.4. The van der Waals surface area contributed by atoms with E-state index >= 15 is 0 Å². The van der Waals surface area contributed by atoms with Crippen molar-refractivity contribution >= 4 is 11.9 Å². The first-order chi connectivity index (χ1) is 11.9. The number of aromatic nitrogens is 2. The first kappa shape index (κ1) is 18.1. The van der Waals surface area contributed by atoms with Gasteiger partial charge in [0.05, 0.1) is 0 Å². The van der Waals surface area contributed by atoms with E-state index in [1.54, 1.807) is 0 Å². The molecular formula is C19H31N5O. The van der Waals surface area contributed by atoms with Gasteiger partial charge in [-0.15, -0.1) is 0 Å². The minimum absolute atomic E-state index is 0.207. The molecule has 1 aromatic rings. The molecule has 2 fully saturated rings. The average Bonchev–Trinajstić information content (AvgIpc) is 2.60. The summed E-state index contributed by atoms with van der Waals surface area (Å²) in [6.07, 6.45) is 1.99. The topological polar surface area (TPSA) is 52.6 Å². The van der Waals surface area contributed by atoms with Crippen LogP contribution >= 0.6 is 0 Å². The lowest BCUT2D eigenvalue weighted by molar-refractivity contribution is -0.137. The Labute approximate surface area is 151 Å². The van der Waals surface area contributed by atoms with Crippen LogP contribution in [0.25, 0.3) is 0 Å². The van der Waals surface area contributed by atoms with Gasteiger partial charge < -0.3 is 14.7 Å². The Hall–Kier alpha value is -1.69. The standard InChI is InChI=1S/C19H31N5O/c1-14(2)22-7-5-17(6-8-22)18(25)23-9-11-24(12-10-23)19-20-15(3)13-16(4)21-19/h13-14,17H,5-12H2,1-4H3. The average molecular weight is 345 g/mol. The largest absolute Gasteiger partial charge is 0.339 e. The zero-order chi connectivity index (χ0) is 18.0. The predicted octanol–water partition coefficient (Wildman–Crippen LogP) is 1.86. The minimum Gasteiger partial charge on any atom is -0.339 e. The number of piperidine rings is 1. The van der Waals surface area contributed by atoms with E-state index in [0.29, 0.717) is 11.9 Å². The monoisotopic (exact) mass is 345 g/mol. The molecule has 2 saturated heterocycles. The highest BCUT2D eigenvalue weighted by atomic mass is 16.2. The molecule has 0 saturated carbocycles. The molecule has 2 aliphatic rings. The van der Waals surface area contributed by atoms with Crippen LogP contribution in [-0.4, -0.2) is 71.0 Å². The van der Waals surface area contributed by atoms with Gasteiger partial charge in [0.1, 0.15) is 0 Å². The van der Waals surface area contributed by atoms with Gasteiger partial charge in [0.25, 0.3) is 0 Å². The third-order valence-corrected chi connectivity index (χ3v) is 5.45. The molecule has 0 spiro atoms. The number of carbonyl (C=O) groups excluding carboxylic acids is 1. The van der Waals surface area contributed by atoms with Crippen LogP contribution in [0.4, 0.5) is 5.95 Å². The van der Waals surface area contributed by atoms with E-state index in [9.17, 15) is 4.79 Å². The number of hydrogen-bond acceptors (Lipinski definition) is 5. The van der Waals surface area contributed by atoms with Crippen LogP contribution in [0.5, 0.6) is 0 Å². The molecule has 0 N–H and O–H groups in total. The fourth-order valence-electron chi connectivity index (χ4n) is 3.90. The molecule has 3 rings (SSSR count). The number of piperazine rings is 1. The lowest BCUT2D eigenvalue weighted by Gasteiger charge is -2.39. The van der Waals surface area contributed by atoms with Crippen molar-refractivity contribution < 1.29 is 4.79 Å². The lowest BCUT2D eigenvalue weighted by atomic mass is 9.94. The molecule has 2 aliphatic heterocycles. The molecule has 0 atom stereocenters. The summed E-state index contributed by atoms with van der Waals surface area (Å²) >= 11 is 0. The summed E-state index contributed by atoms with van der Waals surface area (Å²) < 4.78 is 0. The maximum absolute atomic E-state index is 12.8. The fraction of sp³-hybridized carbons (Fsp3) is 0.737. The van der Waals surface area contributed by atoms with Crippen molar-refractivity contribution in [1.82, 2.24) is 19.8 Å². The van der Waals surface area contributed by atoms with Crippen molar-refractivity contribution in [2.45, 2.75) is 46.6 Å². The first-order valence-electron chi connectivity index (χ1n) is 9.54. The molecule has 0 aromatic carbocycles. The van der Waals surface area contributed by atoms with Crippen LogP contribution in [-0.2, 0) is 4.79 Å². The predicted molar refractivity (Wildman–Crippen MR) is 99.7 cm³/mol. The Morgan fingerprint density at radius 3 is 2.08 bits per heavy atom. The Morgan fingerprint density at radius 1 is 1.00 bits per heavy atom. The van der Waals surface area contributed by atoms with E-state index in [1.807, 2.05) is 19.9 Å². The summed E-state index contributed by atoms with van der Waals surface area (Å²) in [5.41, 5.74) is 2.00. The maximum atomic E-state index is 12.8. The third kappa shape index (κ3) is 4.29. The van der Waals surface area contributed by atoms with Crippen LogP contribution in [0, 0.1) is 19.8 Å². The summed E-state index contributed by atoms with van der Waals surface area (Å²) in [6, 6.07) is 2.57. The molecule has 3 heterocycles. The van der Waals surface area contributed by atoms with Gasteiger partial charge in [0.2, 0.25) is 11.9 Å². The highest BCUT2D eigenvalue weighted by Crippen LogP contribution is 2.22. The smallest absolute Gasteiger partial charge is 0.225 e. The number of likely N-dealkylation sites (tertiary alicyclic amines) is 1. The van der Waals surface area contributed by atoms with Crippen molar-refractivity contribution in [3.8, 4) is 0 Å². The van der Waals surface area contributed by atoms with E-state index in [1.165, 1.54) is 0 Å². The Morgan fingerprint density at radius 2 is 1.56 bits per heavy atom. The highest BCUT2D eigenvalue weighted by Gasteiger charge is 2.31. The summed E-state index contributed by atoms with van der Waals surface area (Å²) in [5, 5.41) is 0. The number of amides is 1. The molecule has 1 aromatic heterocycles. The Bertz CT molecular complexity index is 582. The fourth-order valence-corrected chi connectivity index (χ4v) is 3.90. The first-order valence-corrected chi connectivity index (χ1v) is 9.54. The van der Waals surface area contributed by atoms with E-state index in [0.717, 1.165) is 69.4 Å². The van der Waals surface area contributed by atoms with E-state index in [4.69, 9.17) is 0 Å². The van der Waals surface area contributed by atoms with Gasteiger partial charge in [0, 0.05) is 49.5 Å². The Kier molecular flexibility index (Phi) is 5.57. The number of rotatable bonds is 3. The molecule has 138 valence electrons. The van der Waals surface area contributed by atoms with E-state index < -0.39 is 0 Å². The second-order valence-corrected chi connectivity index (χ2v) is 7.67. The molecular weight excluding hydrogens is 314 g/mol. The van der Waals surface area contributed by atoms with Crippen LogP contribution in [0.2, 0.25) is 0 Å². The van der Waals surface area contributed by atoms with E-state index in [2.05, 4.69) is 38.5 Å². The number of anilines is 1. The molecule has 0 aliphatic carbocycles. The van der Waals surface area contributed by atoms with Gasteiger partial charge in [-0.05, 0) is 59.7 Å². The number of hydrogen-bond donors (Lipinski definition) is 0. The van der Waals surface area contributed by atoms with Crippen molar-refractivity contribution in [3.63, 3.8) is 0 Å². The lowest BCUT2D eigenvalue weighted by Crippen LogP contribution is -2.52. The van der Waals surface area contributed by atoms with Gasteiger partial charge in [0.15, 0.2) is 0 Å². The van der Waals surface area contributed by atoms with E-state index in [-0.39, 0.29) is 5.92 Å².